The van der Waals surface area contributed by atoms with E-state index in [4.69, 9.17) is 21.2 Å². The summed E-state index contributed by atoms with van der Waals surface area (Å²) in [6, 6.07) is 7.11. The molecule has 0 fully saturated rings. The van der Waals surface area contributed by atoms with Crippen LogP contribution in [0.1, 0.15) is 0 Å². The maximum atomic E-state index is 13.3. The van der Waals surface area contributed by atoms with E-state index >= 15 is 0 Å². The van der Waals surface area contributed by atoms with Crippen LogP contribution in [0.5, 0.6) is 5.75 Å². The molecule has 32 heavy (non-hydrogen) atoms. The molecule has 14 heteroatoms. The lowest BCUT2D eigenvalue weighted by molar-refractivity contribution is -0.128. The highest BCUT2D eigenvalue weighted by atomic mass is 35.5. The molecule has 3 aromatic rings. The van der Waals surface area contributed by atoms with Crippen molar-refractivity contribution >= 4 is 40.5 Å². The molecular formula is C18H17ClFN7O5. The van der Waals surface area contributed by atoms with Gasteiger partial charge < -0.3 is 25.5 Å². The highest BCUT2D eigenvalue weighted by Crippen LogP contribution is 2.20. The van der Waals surface area contributed by atoms with E-state index in [-0.39, 0.29) is 30.6 Å². The SMILES string of the molecule is O=C(CNC(=O)COc1ccc(Cl)c(F)c1)NCNC(=O)COn1nnc2cccnc21. The molecule has 0 radical (unpaired) electrons. The molecule has 0 saturated heterocycles. The van der Waals surface area contributed by atoms with E-state index in [0.29, 0.717) is 11.2 Å². The van der Waals surface area contributed by atoms with Crippen molar-refractivity contribution in [1.82, 2.24) is 36.1 Å². The average molecular weight is 466 g/mol. The smallest absolute Gasteiger partial charge is 0.262 e. The summed E-state index contributed by atoms with van der Waals surface area (Å²) in [5.41, 5.74) is 0.863. The highest BCUT2D eigenvalue weighted by Gasteiger charge is 2.10. The molecule has 0 unspecified atom stereocenters. The quantitative estimate of drug-likeness (QED) is 0.337. The number of carbonyl (C=O) groups is 3. The van der Waals surface area contributed by atoms with Gasteiger partial charge in [-0.1, -0.05) is 16.4 Å². The van der Waals surface area contributed by atoms with Crippen LogP contribution in [-0.2, 0) is 14.4 Å². The number of fused-ring (bicyclic) bond motifs is 1. The van der Waals surface area contributed by atoms with Crippen molar-refractivity contribution in [2.75, 3.05) is 26.4 Å². The van der Waals surface area contributed by atoms with Gasteiger partial charge in [-0.15, -0.1) is 5.10 Å². The summed E-state index contributed by atoms with van der Waals surface area (Å²) in [4.78, 5) is 45.5. The zero-order chi connectivity index (χ0) is 22.9. The van der Waals surface area contributed by atoms with Gasteiger partial charge in [-0.25, -0.2) is 9.37 Å². The predicted octanol–water partition coefficient (Wildman–Crippen LogP) is -0.567. The number of amides is 3. The fourth-order valence-electron chi connectivity index (χ4n) is 2.25. The third kappa shape index (κ3) is 6.50. The zero-order valence-corrected chi connectivity index (χ0v) is 17.1. The third-order valence-electron chi connectivity index (χ3n) is 3.78. The highest BCUT2D eigenvalue weighted by molar-refractivity contribution is 6.30. The van der Waals surface area contributed by atoms with Gasteiger partial charge in [0.15, 0.2) is 13.2 Å². The van der Waals surface area contributed by atoms with Crippen molar-refractivity contribution in [3.63, 3.8) is 0 Å². The Morgan fingerprint density at radius 1 is 1.06 bits per heavy atom. The largest absolute Gasteiger partial charge is 0.484 e. The minimum atomic E-state index is -0.678. The molecule has 2 aromatic heterocycles. The van der Waals surface area contributed by atoms with Gasteiger partial charge in [0, 0.05) is 12.3 Å². The van der Waals surface area contributed by atoms with Crippen molar-refractivity contribution in [1.29, 1.82) is 0 Å². The number of aromatic nitrogens is 4. The van der Waals surface area contributed by atoms with Gasteiger partial charge >= 0.3 is 0 Å². The van der Waals surface area contributed by atoms with Crippen LogP contribution >= 0.6 is 11.6 Å². The summed E-state index contributed by atoms with van der Waals surface area (Å²) >= 11 is 5.55. The Balaban J connectivity index is 1.28. The minimum absolute atomic E-state index is 0.0685. The summed E-state index contributed by atoms with van der Waals surface area (Å²) in [6.45, 7) is -1.34. The van der Waals surface area contributed by atoms with Crippen LogP contribution in [0, 0.1) is 5.82 Å². The standard InChI is InChI=1S/C18H17ClFN7O5/c19-12-4-3-11(6-13(12)20)31-8-16(29)22-7-15(28)23-10-24-17(30)9-32-27-18-14(25-26-27)2-1-5-21-18/h1-6H,7-10H2,(H,22,29)(H,23,28)(H,24,30). The lowest BCUT2D eigenvalue weighted by Crippen LogP contribution is -2.44. The lowest BCUT2D eigenvalue weighted by atomic mass is 10.3. The Hall–Kier alpha value is -4.00. The van der Waals surface area contributed by atoms with Crippen molar-refractivity contribution < 1.29 is 28.3 Å². The molecule has 3 N–H and O–H groups in total. The molecule has 0 bridgehead atoms. The molecule has 12 nitrogen and oxygen atoms in total. The Morgan fingerprint density at radius 2 is 1.84 bits per heavy atom. The Bertz CT molecular complexity index is 1130. The summed E-state index contributed by atoms with van der Waals surface area (Å²) in [6.07, 6.45) is 1.53. The first-order valence-electron chi connectivity index (χ1n) is 9.10. The van der Waals surface area contributed by atoms with Gasteiger partial charge in [-0.05, 0) is 29.5 Å². The topological polar surface area (TPSA) is 149 Å². The Labute approximate surface area is 185 Å². The molecule has 0 saturated carbocycles. The fraction of sp³-hybridized carbons (Fsp3) is 0.222. The second-order valence-electron chi connectivity index (χ2n) is 6.10. The van der Waals surface area contributed by atoms with E-state index in [1.54, 1.807) is 12.1 Å². The van der Waals surface area contributed by atoms with Crippen molar-refractivity contribution in [2.24, 2.45) is 0 Å². The first kappa shape index (κ1) is 22.7. The van der Waals surface area contributed by atoms with Gasteiger partial charge in [-0.3, -0.25) is 14.4 Å². The molecule has 0 spiro atoms. The second-order valence-corrected chi connectivity index (χ2v) is 6.51. The van der Waals surface area contributed by atoms with Crippen molar-refractivity contribution in [2.45, 2.75) is 0 Å². The average Bonchev–Trinajstić information content (AvgIpc) is 3.20. The van der Waals surface area contributed by atoms with Crippen molar-refractivity contribution in [3.05, 3.63) is 47.4 Å². The van der Waals surface area contributed by atoms with Crippen LogP contribution < -0.4 is 25.5 Å². The predicted molar refractivity (Wildman–Crippen MR) is 108 cm³/mol. The van der Waals surface area contributed by atoms with E-state index in [1.165, 1.54) is 18.3 Å². The van der Waals surface area contributed by atoms with Gasteiger partial charge in [0.1, 0.15) is 17.1 Å². The number of benzene rings is 1. The molecule has 3 amide bonds. The summed E-state index contributed by atoms with van der Waals surface area (Å²) in [5.74, 6) is -2.24. The van der Waals surface area contributed by atoms with Gasteiger partial charge in [0.25, 0.3) is 11.8 Å². The molecule has 2 heterocycles. The summed E-state index contributed by atoms with van der Waals surface area (Å²) in [7, 11) is 0. The van der Waals surface area contributed by atoms with Crippen LogP contribution in [-0.4, -0.2) is 64.3 Å². The monoisotopic (exact) mass is 465 g/mol. The van der Waals surface area contributed by atoms with E-state index in [2.05, 4.69) is 31.2 Å². The van der Waals surface area contributed by atoms with Crippen molar-refractivity contribution in [3.8, 4) is 5.75 Å². The minimum Gasteiger partial charge on any atom is -0.484 e. The van der Waals surface area contributed by atoms with Gasteiger partial charge in [-0.2, -0.15) is 0 Å². The lowest BCUT2D eigenvalue weighted by Gasteiger charge is -2.10. The van der Waals surface area contributed by atoms with E-state index in [0.717, 1.165) is 10.9 Å². The maximum absolute atomic E-state index is 13.3. The molecule has 168 valence electrons. The first-order valence-corrected chi connectivity index (χ1v) is 9.48. The van der Waals surface area contributed by atoms with Gasteiger partial charge in [0.2, 0.25) is 11.6 Å². The number of rotatable bonds is 10. The fourth-order valence-corrected chi connectivity index (χ4v) is 2.37. The molecule has 3 rings (SSSR count). The van der Waals surface area contributed by atoms with Gasteiger partial charge in [0.05, 0.1) is 18.2 Å². The van der Waals surface area contributed by atoms with E-state index in [1.807, 2.05) is 0 Å². The van der Waals surface area contributed by atoms with Crippen LogP contribution in [0.4, 0.5) is 4.39 Å². The normalized spacial score (nSPS) is 10.4. The Kier molecular flexibility index (Phi) is 7.70. The maximum Gasteiger partial charge on any atom is 0.262 e. The van der Waals surface area contributed by atoms with E-state index in [9.17, 15) is 18.8 Å². The molecule has 0 atom stereocenters. The molecule has 1 aromatic carbocycles. The molecule has 0 aliphatic carbocycles. The Morgan fingerprint density at radius 3 is 2.66 bits per heavy atom. The molecule has 0 aliphatic heterocycles. The number of ether oxygens (including phenoxy) is 1. The third-order valence-corrected chi connectivity index (χ3v) is 4.08. The van der Waals surface area contributed by atoms with Crippen LogP contribution in [0.15, 0.2) is 36.5 Å². The molecule has 0 aliphatic rings. The number of hydrogen-bond acceptors (Lipinski definition) is 8. The zero-order valence-electron chi connectivity index (χ0n) is 16.4. The summed E-state index contributed by atoms with van der Waals surface area (Å²) in [5, 5.41) is 14.6. The van der Waals surface area contributed by atoms with Crippen LogP contribution in [0.2, 0.25) is 5.02 Å². The number of halogens is 2. The first-order chi connectivity index (χ1) is 15.4. The number of carbonyl (C=O) groups excluding carboxylic acids is 3. The van der Waals surface area contributed by atoms with Crippen LogP contribution in [0.25, 0.3) is 11.2 Å². The second kappa shape index (κ2) is 10.9. The summed E-state index contributed by atoms with van der Waals surface area (Å²) < 4.78 is 18.4. The van der Waals surface area contributed by atoms with Crippen LogP contribution in [0.3, 0.4) is 0 Å². The van der Waals surface area contributed by atoms with E-state index < -0.39 is 30.1 Å². The number of nitrogens with one attached hydrogen (secondary N) is 3. The molecular weight excluding hydrogens is 449 g/mol. The number of nitrogens with zero attached hydrogens (tertiary/aromatic N) is 4. The number of pyridine rings is 1. The number of hydrogen-bond donors (Lipinski definition) is 3.